The molecule has 1 aromatic carbocycles. The van der Waals surface area contributed by atoms with Crippen molar-refractivity contribution in [2.24, 2.45) is 5.84 Å². The van der Waals surface area contributed by atoms with Crippen molar-refractivity contribution in [3.05, 3.63) is 41.7 Å². The molecule has 2 rings (SSSR count). The van der Waals surface area contributed by atoms with Gasteiger partial charge in [0.25, 0.3) is 15.9 Å². The summed E-state index contributed by atoms with van der Waals surface area (Å²) in [5.41, 5.74) is 2.90. The second-order valence-electron chi connectivity index (χ2n) is 4.96. The van der Waals surface area contributed by atoms with E-state index >= 15 is 0 Å². The van der Waals surface area contributed by atoms with Crippen molar-refractivity contribution >= 4 is 33.5 Å². The number of nitrogen functional groups attached to an aromatic ring is 1. The van der Waals surface area contributed by atoms with Gasteiger partial charge in [0.05, 0.1) is 12.8 Å². The first-order valence-corrected chi connectivity index (χ1v) is 8.75. The maximum Gasteiger partial charge on any atom is 0.283 e. The molecule has 6 N–H and O–H groups in total. The molecule has 0 saturated carbocycles. The van der Waals surface area contributed by atoms with E-state index in [4.69, 9.17) is 16.0 Å². The Kier molecular flexibility index (Phi) is 5.75. The standard InChI is InChI=1S/C15H18N6O4S/c1-18-13-9(7-16)3-6-12(25-2)14(13)21-26(23,24)10-4-5-11(19-8-10)15(22)20-17/h3-8,16,18,21H,17H2,1-2H3,(H,20,22). The van der Waals surface area contributed by atoms with E-state index in [0.29, 0.717) is 11.3 Å². The molecule has 1 aromatic heterocycles. The van der Waals surface area contributed by atoms with Gasteiger partial charge in [-0.25, -0.2) is 19.2 Å². The van der Waals surface area contributed by atoms with Crippen molar-refractivity contribution < 1.29 is 17.9 Å². The monoisotopic (exact) mass is 378 g/mol. The zero-order valence-corrected chi connectivity index (χ0v) is 14.8. The minimum Gasteiger partial charge on any atom is -0.494 e. The number of methoxy groups -OCH3 is 1. The number of nitrogens with one attached hydrogen (secondary N) is 4. The van der Waals surface area contributed by atoms with Crippen molar-refractivity contribution in [3.8, 4) is 5.75 Å². The summed E-state index contributed by atoms with van der Waals surface area (Å²) in [7, 11) is -1.02. The first-order chi connectivity index (χ1) is 12.4. The number of ether oxygens (including phenoxy) is 1. The van der Waals surface area contributed by atoms with Crippen molar-refractivity contribution in [2.45, 2.75) is 4.90 Å². The van der Waals surface area contributed by atoms with E-state index in [-0.39, 0.29) is 22.0 Å². The summed E-state index contributed by atoms with van der Waals surface area (Å²) < 4.78 is 33.0. The molecule has 0 aliphatic heterocycles. The van der Waals surface area contributed by atoms with Gasteiger partial charge in [-0.05, 0) is 24.3 Å². The van der Waals surface area contributed by atoms with E-state index in [2.05, 4.69) is 15.0 Å². The number of carbonyl (C=O) groups is 1. The van der Waals surface area contributed by atoms with Gasteiger partial charge < -0.3 is 15.5 Å². The third kappa shape index (κ3) is 3.73. The summed E-state index contributed by atoms with van der Waals surface area (Å²) in [6.07, 6.45) is 2.13. The van der Waals surface area contributed by atoms with Gasteiger partial charge in [0.15, 0.2) is 0 Å². The van der Waals surface area contributed by atoms with E-state index in [0.717, 1.165) is 12.4 Å². The zero-order chi connectivity index (χ0) is 19.3. The number of pyridine rings is 1. The van der Waals surface area contributed by atoms with E-state index in [1.807, 2.05) is 5.43 Å². The number of benzene rings is 1. The van der Waals surface area contributed by atoms with Crippen LogP contribution in [-0.4, -0.2) is 39.7 Å². The van der Waals surface area contributed by atoms with Gasteiger partial charge >= 0.3 is 0 Å². The van der Waals surface area contributed by atoms with Crippen LogP contribution in [0.25, 0.3) is 0 Å². The molecule has 26 heavy (non-hydrogen) atoms. The van der Waals surface area contributed by atoms with Crippen molar-refractivity contribution in [2.75, 3.05) is 24.2 Å². The fourth-order valence-corrected chi connectivity index (χ4v) is 3.23. The lowest BCUT2D eigenvalue weighted by Gasteiger charge is -2.17. The molecule has 1 amide bonds. The molecule has 1 heterocycles. The maximum absolute atomic E-state index is 12.7. The van der Waals surface area contributed by atoms with Crippen molar-refractivity contribution in [1.82, 2.24) is 10.4 Å². The highest BCUT2D eigenvalue weighted by atomic mass is 32.2. The predicted octanol–water partition coefficient (Wildman–Crippen LogP) is 0.534. The predicted molar refractivity (Wildman–Crippen MR) is 97.1 cm³/mol. The summed E-state index contributed by atoms with van der Waals surface area (Å²) in [4.78, 5) is 15.0. The minimum atomic E-state index is -4.02. The Morgan fingerprint density at radius 2 is 2.00 bits per heavy atom. The number of hydrazine groups is 1. The zero-order valence-electron chi connectivity index (χ0n) is 14.0. The molecule has 0 atom stereocenters. The Balaban J connectivity index is 2.46. The Bertz CT molecular complexity index is 928. The number of anilines is 2. The number of aromatic nitrogens is 1. The smallest absolute Gasteiger partial charge is 0.283 e. The summed E-state index contributed by atoms with van der Waals surface area (Å²) in [5.74, 6) is 4.65. The lowest BCUT2D eigenvalue weighted by molar-refractivity contribution is 0.0948. The van der Waals surface area contributed by atoms with Crippen LogP contribution in [0.4, 0.5) is 11.4 Å². The van der Waals surface area contributed by atoms with Gasteiger partial charge in [0.1, 0.15) is 22.0 Å². The summed E-state index contributed by atoms with van der Waals surface area (Å²) >= 11 is 0. The lowest BCUT2D eigenvalue weighted by Crippen LogP contribution is -2.30. The molecule has 0 aliphatic rings. The third-order valence-corrected chi connectivity index (χ3v) is 4.81. The van der Waals surface area contributed by atoms with Gasteiger partial charge in [0, 0.05) is 25.0 Å². The van der Waals surface area contributed by atoms with Gasteiger partial charge in [-0.15, -0.1) is 0 Å². The van der Waals surface area contributed by atoms with Crippen LogP contribution in [0.15, 0.2) is 35.4 Å². The topological polar surface area (TPSA) is 159 Å². The molecule has 0 fully saturated rings. The van der Waals surface area contributed by atoms with Crippen LogP contribution in [0, 0.1) is 5.41 Å². The van der Waals surface area contributed by atoms with E-state index in [9.17, 15) is 13.2 Å². The van der Waals surface area contributed by atoms with Crippen LogP contribution in [0.3, 0.4) is 0 Å². The molecule has 0 radical (unpaired) electrons. The highest BCUT2D eigenvalue weighted by molar-refractivity contribution is 7.92. The Morgan fingerprint density at radius 3 is 2.50 bits per heavy atom. The molecule has 0 aliphatic carbocycles. The summed E-state index contributed by atoms with van der Waals surface area (Å²) in [5, 5.41) is 10.3. The van der Waals surface area contributed by atoms with Gasteiger partial charge in [0.2, 0.25) is 0 Å². The minimum absolute atomic E-state index is 0.0225. The Labute approximate surface area is 150 Å². The second-order valence-corrected chi connectivity index (χ2v) is 6.64. The fraction of sp³-hybridized carbons (Fsp3) is 0.133. The number of nitrogens with zero attached hydrogens (tertiary/aromatic N) is 1. The first-order valence-electron chi connectivity index (χ1n) is 7.27. The molecule has 0 saturated heterocycles. The molecule has 10 nitrogen and oxygen atoms in total. The summed E-state index contributed by atoms with van der Waals surface area (Å²) in [6.45, 7) is 0. The molecule has 0 bridgehead atoms. The average Bonchev–Trinajstić information content (AvgIpc) is 2.66. The van der Waals surface area contributed by atoms with E-state index < -0.39 is 15.9 Å². The second kappa shape index (κ2) is 7.80. The average molecular weight is 378 g/mol. The molecule has 2 aromatic rings. The number of amides is 1. The van der Waals surface area contributed by atoms with Crippen LogP contribution >= 0.6 is 0 Å². The highest BCUT2D eigenvalue weighted by Gasteiger charge is 2.21. The Hall–Kier alpha value is -3.18. The Morgan fingerprint density at radius 1 is 1.27 bits per heavy atom. The number of rotatable bonds is 7. The summed E-state index contributed by atoms with van der Waals surface area (Å²) in [6, 6.07) is 5.64. The largest absolute Gasteiger partial charge is 0.494 e. The van der Waals surface area contributed by atoms with E-state index in [1.165, 1.54) is 19.2 Å². The lowest BCUT2D eigenvalue weighted by atomic mass is 10.1. The van der Waals surface area contributed by atoms with Crippen LogP contribution < -0.4 is 26.0 Å². The van der Waals surface area contributed by atoms with Crippen molar-refractivity contribution in [3.63, 3.8) is 0 Å². The number of hydrogen-bond donors (Lipinski definition) is 5. The highest BCUT2D eigenvalue weighted by Crippen LogP contribution is 2.36. The SMILES string of the molecule is CNc1c(C=N)ccc(OC)c1NS(=O)(=O)c1ccc(C(=O)NN)nc1. The van der Waals surface area contributed by atoms with Crippen LogP contribution in [-0.2, 0) is 10.0 Å². The normalized spacial score (nSPS) is 10.7. The number of hydrogen-bond acceptors (Lipinski definition) is 8. The number of sulfonamides is 1. The molecule has 0 unspecified atom stereocenters. The third-order valence-electron chi connectivity index (χ3n) is 3.47. The van der Waals surface area contributed by atoms with Gasteiger partial charge in [-0.1, -0.05) is 0 Å². The number of nitrogens with two attached hydrogens (primary N) is 1. The van der Waals surface area contributed by atoms with Crippen molar-refractivity contribution in [1.29, 1.82) is 5.41 Å². The van der Waals surface area contributed by atoms with Gasteiger partial charge in [-0.3, -0.25) is 14.9 Å². The maximum atomic E-state index is 12.7. The van der Waals surface area contributed by atoms with E-state index in [1.54, 1.807) is 19.2 Å². The molecular weight excluding hydrogens is 360 g/mol. The number of carbonyl (C=O) groups excluding carboxylic acids is 1. The van der Waals surface area contributed by atoms with Crippen LogP contribution in [0.5, 0.6) is 5.75 Å². The first kappa shape index (κ1) is 19.1. The quantitative estimate of drug-likeness (QED) is 0.203. The van der Waals surface area contributed by atoms with Crippen LogP contribution in [0.1, 0.15) is 16.1 Å². The molecule has 0 spiro atoms. The molecular formula is C15H18N6O4S. The molecule has 138 valence electrons. The molecule has 11 heteroatoms. The van der Waals surface area contributed by atoms with Gasteiger partial charge in [-0.2, -0.15) is 0 Å². The van der Waals surface area contributed by atoms with Crippen LogP contribution in [0.2, 0.25) is 0 Å². The fourth-order valence-electron chi connectivity index (χ4n) is 2.20.